The van der Waals surface area contributed by atoms with Crippen LogP contribution < -0.4 is 5.32 Å². The van der Waals surface area contributed by atoms with Crippen molar-refractivity contribution in [2.75, 3.05) is 19.6 Å². The number of benzene rings is 1. The molecule has 2 heterocycles. The molecule has 1 aromatic heterocycles. The standard InChI is InChI=1S/C18H23FN4O/c1-3-10-22(14-8-9-20-11-14)18(24)15-12-21-23(13(15)2)17-7-5-4-6-16(17)19/h4-7,12,14,20H,3,8-11H2,1-2H3. The first-order chi connectivity index (χ1) is 11.6. The maximum Gasteiger partial charge on any atom is 0.257 e. The minimum atomic E-state index is -0.354. The van der Waals surface area contributed by atoms with Gasteiger partial charge in [-0.05, 0) is 38.4 Å². The fourth-order valence-corrected chi connectivity index (χ4v) is 3.24. The number of nitrogens with one attached hydrogen (secondary N) is 1. The molecule has 0 saturated carbocycles. The zero-order valence-corrected chi connectivity index (χ0v) is 14.1. The zero-order chi connectivity index (χ0) is 17.1. The van der Waals surface area contributed by atoms with Crippen LogP contribution in [-0.4, -0.2) is 46.3 Å². The van der Waals surface area contributed by atoms with Gasteiger partial charge in [-0.25, -0.2) is 9.07 Å². The van der Waals surface area contributed by atoms with Crippen molar-refractivity contribution in [1.29, 1.82) is 0 Å². The van der Waals surface area contributed by atoms with E-state index in [-0.39, 0.29) is 17.8 Å². The number of carbonyl (C=O) groups is 1. The van der Waals surface area contributed by atoms with E-state index in [1.165, 1.54) is 10.7 Å². The van der Waals surface area contributed by atoms with E-state index in [0.717, 1.165) is 32.5 Å². The Morgan fingerprint density at radius 2 is 2.25 bits per heavy atom. The second-order valence-corrected chi connectivity index (χ2v) is 6.15. The molecule has 1 saturated heterocycles. The minimum Gasteiger partial charge on any atom is -0.334 e. The monoisotopic (exact) mass is 330 g/mol. The summed E-state index contributed by atoms with van der Waals surface area (Å²) >= 11 is 0. The molecule has 0 aliphatic carbocycles. The molecule has 1 aliphatic heterocycles. The third-order valence-corrected chi connectivity index (χ3v) is 4.52. The number of hydrogen-bond donors (Lipinski definition) is 1. The highest BCUT2D eigenvalue weighted by molar-refractivity contribution is 5.95. The quantitative estimate of drug-likeness (QED) is 0.916. The topological polar surface area (TPSA) is 50.2 Å². The number of rotatable bonds is 5. The lowest BCUT2D eigenvalue weighted by Crippen LogP contribution is -2.42. The predicted octanol–water partition coefficient (Wildman–Crippen LogP) is 2.53. The molecule has 1 atom stereocenters. The van der Waals surface area contributed by atoms with Crippen LogP contribution in [0.25, 0.3) is 5.69 Å². The molecule has 0 radical (unpaired) electrons. The van der Waals surface area contributed by atoms with Gasteiger partial charge in [0.15, 0.2) is 0 Å². The largest absolute Gasteiger partial charge is 0.334 e. The Balaban J connectivity index is 1.91. The molecule has 3 rings (SSSR count). The van der Waals surface area contributed by atoms with Crippen molar-refractivity contribution < 1.29 is 9.18 Å². The summed E-state index contributed by atoms with van der Waals surface area (Å²) in [7, 11) is 0. The van der Waals surface area contributed by atoms with Crippen LogP contribution in [0.3, 0.4) is 0 Å². The van der Waals surface area contributed by atoms with Gasteiger partial charge in [0, 0.05) is 19.1 Å². The van der Waals surface area contributed by atoms with Crippen molar-refractivity contribution in [2.45, 2.75) is 32.7 Å². The first-order valence-electron chi connectivity index (χ1n) is 8.44. The lowest BCUT2D eigenvalue weighted by atomic mass is 10.1. The number of carbonyl (C=O) groups excluding carboxylic acids is 1. The van der Waals surface area contributed by atoms with E-state index >= 15 is 0 Å². The maximum atomic E-state index is 14.0. The Morgan fingerprint density at radius 3 is 2.92 bits per heavy atom. The van der Waals surface area contributed by atoms with E-state index in [9.17, 15) is 9.18 Å². The number of amides is 1. The molecule has 1 fully saturated rings. The van der Waals surface area contributed by atoms with Crippen molar-refractivity contribution in [3.05, 3.63) is 47.5 Å². The van der Waals surface area contributed by atoms with E-state index in [0.29, 0.717) is 16.9 Å². The molecule has 0 spiro atoms. The molecule has 1 unspecified atom stereocenters. The van der Waals surface area contributed by atoms with E-state index in [2.05, 4.69) is 17.3 Å². The van der Waals surface area contributed by atoms with E-state index in [4.69, 9.17) is 0 Å². The van der Waals surface area contributed by atoms with Crippen molar-refractivity contribution in [3.63, 3.8) is 0 Å². The molecule has 1 N–H and O–H groups in total. The van der Waals surface area contributed by atoms with Crippen LogP contribution in [0, 0.1) is 12.7 Å². The Bertz CT molecular complexity index is 722. The molecule has 5 nitrogen and oxygen atoms in total. The van der Waals surface area contributed by atoms with Gasteiger partial charge in [-0.15, -0.1) is 0 Å². The lowest BCUT2D eigenvalue weighted by molar-refractivity contribution is 0.0691. The van der Waals surface area contributed by atoms with Crippen LogP contribution >= 0.6 is 0 Å². The summed E-state index contributed by atoms with van der Waals surface area (Å²) < 4.78 is 15.5. The van der Waals surface area contributed by atoms with Gasteiger partial charge in [0.1, 0.15) is 11.5 Å². The Hall–Kier alpha value is -2.21. The van der Waals surface area contributed by atoms with Crippen LogP contribution in [0.15, 0.2) is 30.5 Å². The first-order valence-corrected chi connectivity index (χ1v) is 8.44. The SMILES string of the molecule is CCCN(C(=O)c1cnn(-c2ccccc2F)c1C)C1CCNC1. The second-order valence-electron chi connectivity index (χ2n) is 6.15. The summed E-state index contributed by atoms with van der Waals surface area (Å²) in [5.41, 5.74) is 1.56. The maximum absolute atomic E-state index is 14.0. The highest BCUT2D eigenvalue weighted by Crippen LogP contribution is 2.20. The fraction of sp³-hybridized carbons (Fsp3) is 0.444. The normalized spacial score (nSPS) is 17.2. The van der Waals surface area contributed by atoms with Gasteiger partial charge in [-0.3, -0.25) is 4.79 Å². The molecular formula is C18H23FN4O. The van der Waals surface area contributed by atoms with Crippen LogP contribution in [-0.2, 0) is 0 Å². The van der Waals surface area contributed by atoms with Crippen LogP contribution in [0.1, 0.15) is 35.8 Å². The predicted molar refractivity (Wildman–Crippen MR) is 90.9 cm³/mol. The molecule has 0 bridgehead atoms. The van der Waals surface area contributed by atoms with Crippen molar-refractivity contribution in [2.24, 2.45) is 0 Å². The van der Waals surface area contributed by atoms with Crippen LogP contribution in [0.2, 0.25) is 0 Å². The molecule has 24 heavy (non-hydrogen) atoms. The third kappa shape index (κ3) is 3.06. The lowest BCUT2D eigenvalue weighted by Gasteiger charge is -2.28. The third-order valence-electron chi connectivity index (χ3n) is 4.52. The number of aromatic nitrogens is 2. The van der Waals surface area contributed by atoms with Gasteiger partial charge in [-0.1, -0.05) is 19.1 Å². The van der Waals surface area contributed by atoms with Gasteiger partial charge >= 0.3 is 0 Å². The summed E-state index contributed by atoms with van der Waals surface area (Å²) in [6, 6.07) is 6.67. The number of para-hydroxylation sites is 1. The Morgan fingerprint density at radius 1 is 1.46 bits per heavy atom. The van der Waals surface area contributed by atoms with Crippen molar-refractivity contribution >= 4 is 5.91 Å². The minimum absolute atomic E-state index is 0.0226. The van der Waals surface area contributed by atoms with Crippen LogP contribution in [0.4, 0.5) is 4.39 Å². The second kappa shape index (κ2) is 7.13. The molecule has 2 aromatic rings. The Labute approximate surface area is 141 Å². The summed E-state index contributed by atoms with van der Waals surface area (Å²) in [4.78, 5) is 14.9. The van der Waals surface area contributed by atoms with E-state index in [1.54, 1.807) is 24.4 Å². The fourth-order valence-electron chi connectivity index (χ4n) is 3.24. The molecule has 1 aromatic carbocycles. The van der Waals surface area contributed by atoms with E-state index in [1.807, 2.05) is 11.8 Å². The summed E-state index contributed by atoms with van der Waals surface area (Å²) in [5.74, 6) is -0.376. The molecule has 1 amide bonds. The first kappa shape index (κ1) is 16.6. The number of hydrogen-bond acceptors (Lipinski definition) is 3. The average Bonchev–Trinajstić information content (AvgIpc) is 3.22. The number of halogens is 1. The van der Waals surface area contributed by atoms with Crippen molar-refractivity contribution in [1.82, 2.24) is 20.0 Å². The van der Waals surface area contributed by atoms with Crippen LogP contribution in [0.5, 0.6) is 0 Å². The highest BCUT2D eigenvalue weighted by Gasteiger charge is 2.29. The highest BCUT2D eigenvalue weighted by atomic mass is 19.1. The van der Waals surface area contributed by atoms with Gasteiger partial charge < -0.3 is 10.2 Å². The smallest absolute Gasteiger partial charge is 0.257 e. The van der Waals surface area contributed by atoms with Gasteiger partial charge in [0.25, 0.3) is 5.91 Å². The van der Waals surface area contributed by atoms with Gasteiger partial charge in [0.2, 0.25) is 0 Å². The molecular weight excluding hydrogens is 307 g/mol. The average molecular weight is 330 g/mol. The zero-order valence-electron chi connectivity index (χ0n) is 14.1. The summed E-state index contributed by atoms with van der Waals surface area (Å²) in [5, 5.41) is 7.56. The molecule has 1 aliphatic rings. The van der Waals surface area contributed by atoms with Crippen molar-refractivity contribution in [3.8, 4) is 5.69 Å². The molecule has 6 heteroatoms. The summed E-state index contributed by atoms with van der Waals surface area (Å²) in [6.45, 7) is 6.36. The number of nitrogens with zero attached hydrogens (tertiary/aromatic N) is 3. The summed E-state index contributed by atoms with van der Waals surface area (Å²) in [6.07, 6.45) is 3.42. The van der Waals surface area contributed by atoms with Gasteiger partial charge in [-0.2, -0.15) is 5.10 Å². The van der Waals surface area contributed by atoms with E-state index < -0.39 is 0 Å². The van der Waals surface area contributed by atoms with Gasteiger partial charge in [0.05, 0.1) is 17.5 Å². The molecule has 128 valence electrons. The Kier molecular flexibility index (Phi) is 4.94.